The molecular weight excluding hydrogens is 376 g/mol. The second-order valence-electron chi connectivity index (χ2n) is 6.69. The van der Waals surface area contributed by atoms with Crippen LogP contribution in [0.4, 0.5) is 5.69 Å². The third-order valence-corrected chi connectivity index (χ3v) is 4.67. The van der Waals surface area contributed by atoms with Crippen LogP contribution in [0.3, 0.4) is 0 Å². The Hall–Kier alpha value is -3.86. The predicted molar refractivity (Wildman–Crippen MR) is 119 cm³/mol. The summed E-state index contributed by atoms with van der Waals surface area (Å²) in [5, 5.41) is 2.91. The van der Waals surface area contributed by atoms with Gasteiger partial charge in [-0.2, -0.15) is 0 Å². The van der Waals surface area contributed by atoms with E-state index >= 15 is 0 Å². The van der Waals surface area contributed by atoms with E-state index in [9.17, 15) is 9.59 Å². The fourth-order valence-electron chi connectivity index (χ4n) is 2.94. The number of para-hydroxylation sites is 1. The molecule has 30 heavy (non-hydrogen) atoms. The van der Waals surface area contributed by atoms with Crippen LogP contribution in [-0.2, 0) is 11.3 Å². The van der Waals surface area contributed by atoms with Crippen LogP contribution < -0.4 is 15.0 Å². The molecule has 5 heteroatoms. The largest absolute Gasteiger partial charge is 0.497 e. The highest BCUT2D eigenvalue weighted by Gasteiger charge is 2.16. The van der Waals surface area contributed by atoms with Gasteiger partial charge in [-0.3, -0.25) is 9.59 Å². The summed E-state index contributed by atoms with van der Waals surface area (Å²) in [6.07, 6.45) is 3.22. The number of likely N-dealkylation sites (N-methyl/N-ethyl adjacent to an activating group) is 1. The summed E-state index contributed by atoms with van der Waals surface area (Å²) in [5.41, 5.74) is 2.89. The van der Waals surface area contributed by atoms with Gasteiger partial charge in [-0.05, 0) is 41.5 Å². The third-order valence-electron chi connectivity index (χ3n) is 4.67. The Labute approximate surface area is 176 Å². The van der Waals surface area contributed by atoms with Crippen LogP contribution >= 0.6 is 0 Å². The zero-order chi connectivity index (χ0) is 21.3. The molecule has 2 amide bonds. The maximum Gasteiger partial charge on any atom is 0.253 e. The van der Waals surface area contributed by atoms with Gasteiger partial charge in [0.2, 0.25) is 0 Å². The number of rotatable bonds is 7. The highest BCUT2D eigenvalue weighted by Crippen LogP contribution is 2.20. The van der Waals surface area contributed by atoms with Crippen molar-refractivity contribution in [2.75, 3.05) is 19.1 Å². The number of carbonyl (C=O) groups is 2. The number of methoxy groups -OCH3 is 1. The first kappa shape index (κ1) is 20.9. The van der Waals surface area contributed by atoms with E-state index in [1.807, 2.05) is 54.6 Å². The molecule has 0 aliphatic rings. The molecule has 0 heterocycles. The Bertz CT molecular complexity index is 1030. The summed E-state index contributed by atoms with van der Waals surface area (Å²) in [6, 6.07) is 24.2. The van der Waals surface area contributed by atoms with E-state index in [-0.39, 0.29) is 11.8 Å². The molecule has 5 nitrogen and oxygen atoms in total. The number of nitrogens with zero attached hydrogens (tertiary/aromatic N) is 1. The Balaban J connectivity index is 1.70. The summed E-state index contributed by atoms with van der Waals surface area (Å²) in [5.74, 6) is 0.299. The molecule has 152 valence electrons. The quantitative estimate of drug-likeness (QED) is 0.602. The number of amides is 2. The van der Waals surface area contributed by atoms with Crippen molar-refractivity contribution in [2.45, 2.75) is 6.54 Å². The highest BCUT2D eigenvalue weighted by molar-refractivity contribution is 6.08. The summed E-state index contributed by atoms with van der Waals surface area (Å²) < 4.78 is 5.14. The Morgan fingerprint density at radius 1 is 0.933 bits per heavy atom. The zero-order valence-electron chi connectivity index (χ0n) is 17.0. The van der Waals surface area contributed by atoms with Gasteiger partial charge in [-0.1, -0.05) is 54.6 Å². The molecule has 0 aliphatic heterocycles. The predicted octanol–water partition coefficient (Wildman–Crippen LogP) is 4.30. The van der Waals surface area contributed by atoms with Crippen LogP contribution in [0.1, 0.15) is 21.5 Å². The van der Waals surface area contributed by atoms with E-state index in [0.717, 1.165) is 16.9 Å². The molecule has 0 saturated carbocycles. The molecule has 0 atom stereocenters. The molecule has 0 aromatic heterocycles. The van der Waals surface area contributed by atoms with Crippen LogP contribution in [0.15, 0.2) is 84.9 Å². The van der Waals surface area contributed by atoms with E-state index in [2.05, 4.69) is 5.32 Å². The number of anilines is 1. The average molecular weight is 400 g/mol. The Morgan fingerprint density at radius 2 is 1.60 bits per heavy atom. The number of nitrogens with one attached hydrogen (secondary N) is 1. The Morgan fingerprint density at radius 3 is 2.30 bits per heavy atom. The lowest BCUT2D eigenvalue weighted by Crippen LogP contribution is -2.29. The van der Waals surface area contributed by atoms with Gasteiger partial charge in [0.25, 0.3) is 11.8 Å². The van der Waals surface area contributed by atoms with Gasteiger partial charge in [0.1, 0.15) is 5.75 Å². The smallest absolute Gasteiger partial charge is 0.253 e. The van der Waals surface area contributed by atoms with Gasteiger partial charge < -0.3 is 15.0 Å². The molecule has 1 N–H and O–H groups in total. The lowest BCUT2D eigenvalue weighted by molar-refractivity contribution is -0.113. The number of carbonyl (C=O) groups excluding carboxylic acids is 2. The van der Waals surface area contributed by atoms with Gasteiger partial charge in [0.15, 0.2) is 0 Å². The summed E-state index contributed by atoms with van der Waals surface area (Å²) in [7, 11) is 3.26. The van der Waals surface area contributed by atoms with Gasteiger partial charge in [-0.15, -0.1) is 0 Å². The fraction of sp³-hybridized carbons (Fsp3) is 0.120. The van der Waals surface area contributed by atoms with Gasteiger partial charge >= 0.3 is 0 Å². The van der Waals surface area contributed by atoms with Crippen molar-refractivity contribution in [3.63, 3.8) is 0 Å². The van der Waals surface area contributed by atoms with E-state index < -0.39 is 0 Å². The lowest BCUT2D eigenvalue weighted by Gasteiger charge is -2.19. The highest BCUT2D eigenvalue weighted by atomic mass is 16.5. The summed E-state index contributed by atoms with van der Waals surface area (Å²) in [4.78, 5) is 26.9. The first-order valence-electron chi connectivity index (χ1n) is 9.59. The molecule has 3 aromatic rings. The maximum absolute atomic E-state index is 12.7. The second-order valence-corrected chi connectivity index (χ2v) is 6.69. The van der Waals surface area contributed by atoms with E-state index in [1.165, 1.54) is 11.0 Å². The van der Waals surface area contributed by atoms with Crippen molar-refractivity contribution in [2.24, 2.45) is 0 Å². The van der Waals surface area contributed by atoms with E-state index in [4.69, 9.17) is 4.74 Å². The maximum atomic E-state index is 12.7. The van der Waals surface area contributed by atoms with Crippen molar-refractivity contribution in [3.8, 4) is 5.75 Å². The molecule has 0 bridgehead atoms. The van der Waals surface area contributed by atoms with Crippen molar-refractivity contribution in [1.29, 1.82) is 0 Å². The van der Waals surface area contributed by atoms with E-state index in [0.29, 0.717) is 17.8 Å². The van der Waals surface area contributed by atoms with Crippen LogP contribution in [0.25, 0.3) is 6.08 Å². The molecular formula is C25H24N2O3. The lowest BCUT2D eigenvalue weighted by atomic mass is 10.1. The number of ether oxygens (including phenoxy) is 1. The van der Waals surface area contributed by atoms with E-state index in [1.54, 1.807) is 44.5 Å². The number of hydrogen-bond donors (Lipinski definition) is 1. The van der Waals surface area contributed by atoms with Gasteiger partial charge in [0, 0.05) is 19.7 Å². The van der Waals surface area contributed by atoms with Gasteiger partial charge in [0.05, 0.1) is 18.4 Å². The molecule has 0 radical (unpaired) electrons. The average Bonchev–Trinajstić information content (AvgIpc) is 2.81. The van der Waals surface area contributed by atoms with Crippen LogP contribution in [-0.4, -0.2) is 26.0 Å². The molecule has 3 aromatic carbocycles. The minimum absolute atomic E-state index is 0.228. The van der Waals surface area contributed by atoms with Crippen molar-refractivity contribution in [1.82, 2.24) is 5.32 Å². The minimum Gasteiger partial charge on any atom is -0.497 e. The molecule has 3 rings (SSSR count). The standard InChI is InChI=1S/C25H24N2O3/c1-27(24(28)17-14-19-12-15-21(30-2)16-13-19)23-11-7-6-10-22(23)25(29)26-18-20-8-4-3-5-9-20/h3-17H,18H2,1-2H3,(H,26,29). The van der Waals surface area contributed by atoms with Crippen LogP contribution in [0.5, 0.6) is 5.75 Å². The zero-order valence-corrected chi connectivity index (χ0v) is 17.0. The first-order chi connectivity index (χ1) is 14.6. The van der Waals surface area contributed by atoms with Gasteiger partial charge in [-0.25, -0.2) is 0 Å². The topological polar surface area (TPSA) is 58.6 Å². The second kappa shape index (κ2) is 10.1. The molecule has 0 aliphatic carbocycles. The monoisotopic (exact) mass is 400 g/mol. The first-order valence-corrected chi connectivity index (χ1v) is 9.59. The Kier molecular flexibility index (Phi) is 7.00. The van der Waals surface area contributed by atoms with Crippen LogP contribution in [0.2, 0.25) is 0 Å². The molecule has 0 saturated heterocycles. The van der Waals surface area contributed by atoms with Crippen molar-refractivity contribution < 1.29 is 14.3 Å². The van der Waals surface area contributed by atoms with Crippen molar-refractivity contribution in [3.05, 3.63) is 102 Å². The number of benzene rings is 3. The third kappa shape index (κ3) is 5.35. The van der Waals surface area contributed by atoms with Crippen molar-refractivity contribution >= 4 is 23.6 Å². The molecule has 0 unspecified atom stereocenters. The summed E-state index contributed by atoms with van der Waals surface area (Å²) >= 11 is 0. The molecule has 0 spiro atoms. The fourth-order valence-corrected chi connectivity index (χ4v) is 2.94. The number of hydrogen-bond acceptors (Lipinski definition) is 3. The normalized spacial score (nSPS) is 10.6. The minimum atomic E-state index is -0.228. The molecule has 0 fully saturated rings. The summed E-state index contributed by atoms with van der Waals surface area (Å²) in [6.45, 7) is 0.420. The van der Waals surface area contributed by atoms with Crippen LogP contribution in [0, 0.1) is 0 Å². The SMILES string of the molecule is COc1ccc(C=CC(=O)N(C)c2ccccc2C(=O)NCc2ccccc2)cc1.